The first-order chi connectivity index (χ1) is 8.67. The lowest BCUT2D eigenvalue weighted by molar-refractivity contribution is -0.118. The fraction of sp³-hybridized carbons (Fsp3) is 0.182. The summed E-state index contributed by atoms with van der Waals surface area (Å²) in [6, 6.07) is 5.24. The van der Waals surface area contributed by atoms with Gasteiger partial charge in [-0.15, -0.1) is 0 Å². The van der Waals surface area contributed by atoms with E-state index in [4.69, 9.17) is 15.4 Å². The molecule has 0 bridgehead atoms. The number of hydrogen-bond donors (Lipinski definition) is 2. The summed E-state index contributed by atoms with van der Waals surface area (Å²) in [5.74, 6) is 0.472. The van der Waals surface area contributed by atoms with Crippen LogP contribution in [0.1, 0.15) is 11.5 Å². The number of nitrogens with zero attached hydrogens (tertiary/aromatic N) is 3. The van der Waals surface area contributed by atoms with Gasteiger partial charge < -0.3 is 15.5 Å². The van der Waals surface area contributed by atoms with Gasteiger partial charge in [0, 0.05) is 6.20 Å². The van der Waals surface area contributed by atoms with E-state index >= 15 is 0 Å². The van der Waals surface area contributed by atoms with Crippen LogP contribution in [0.5, 0.6) is 0 Å². The van der Waals surface area contributed by atoms with Crippen molar-refractivity contribution in [3.63, 3.8) is 0 Å². The molecule has 2 aromatic heterocycles. The molecule has 3 N–H and O–H groups in total. The molecule has 2 heterocycles. The number of nitrogens with one attached hydrogen (secondary N) is 1. The van der Waals surface area contributed by atoms with Crippen molar-refractivity contribution in [1.29, 1.82) is 5.26 Å². The minimum absolute atomic E-state index is 0.0427. The zero-order valence-corrected chi connectivity index (χ0v) is 9.46. The maximum Gasteiger partial charge on any atom is 0.239 e. The van der Waals surface area contributed by atoms with Crippen LogP contribution in [-0.4, -0.2) is 15.7 Å². The molecule has 7 heteroatoms. The van der Waals surface area contributed by atoms with Crippen molar-refractivity contribution in [2.45, 2.75) is 13.1 Å². The Hall–Kier alpha value is -2.75. The van der Waals surface area contributed by atoms with E-state index in [1.807, 2.05) is 6.07 Å². The molecule has 0 atom stereocenters. The SMILES string of the molecule is N#Cc1ccc(CNc2cnn(CC(N)=O)c2)o1. The van der Waals surface area contributed by atoms with E-state index in [1.54, 1.807) is 24.5 Å². The van der Waals surface area contributed by atoms with Crippen molar-refractivity contribution in [2.24, 2.45) is 5.73 Å². The van der Waals surface area contributed by atoms with Crippen LogP contribution in [0.25, 0.3) is 0 Å². The summed E-state index contributed by atoms with van der Waals surface area (Å²) in [7, 11) is 0. The van der Waals surface area contributed by atoms with Gasteiger partial charge in [0.2, 0.25) is 11.7 Å². The molecule has 0 fully saturated rings. The summed E-state index contributed by atoms with van der Waals surface area (Å²) in [5, 5.41) is 15.6. The van der Waals surface area contributed by atoms with Crippen LogP contribution in [0.3, 0.4) is 0 Å². The van der Waals surface area contributed by atoms with Crippen molar-refractivity contribution < 1.29 is 9.21 Å². The van der Waals surface area contributed by atoms with Crippen LogP contribution >= 0.6 is 0 Å². The molecule has 0 radical (unpaired) electrons. The van der Waals surface area contributed by atoms with E-state index in [0.29, 0.717) is 12.3 Å². The van der Waals surface area contributed by atoms with Gasteiger partial charge in [-0.3, -0.25) is 9.48 Å². The molecule has 18 heavy (non-hydrogen) atoms. The maximum atomic E-state index is 10.7. The summed E-state index contributed by atoms with van der Waals surface area (Å²) in [5.41, 5.74) is 5.79. The van der Waals surface area contributed by atoms with Crippen LogP contribution in [0.4, 0.5) is 5.69 Å². The number of carbonyl (C=O) groups excluding carboxylic acids is 1. The molecule has 2 rings (SSSR count). The Labute approximate surface area is 103 Å². The molecule has 0 aliphatic heterocycles. The van der Waals surface area contributed by atoms with E-state index in [-0.39, 0.29) is 12.3 Å². The lowest BCUT2D eigenvalue weighted by atomic mass is 10.4. The topological polar surface area (TPSA) is 110 Å². The molecule has 7 nitrogen and oxygen atoms in total. The Balaban J connectivity index is 1.92. The monoisotopic (exact) mass is 245 g/mol. The number of nitriles is 1. The van der Waals surface area contributed by atoms with Crippen molar-refractivity contribution in [3.8, 4) is 6.07 Å². The Morgan fingerprint density at radius 1 is 1.61 bits per heavy atom. The second-order valence-corrected chi connectivity index (χ2v) is 3.62. The first kappa shape index (κ1) is 11.7. The second-order valence-electron chi connectivity index (χ2n) is 3.62. The maximum absolute atomic E-state index is 10.7. The van der Waals surface area contributed by atoms with Crippen LogP contribution in [0.15, 0.2) is 28.9 Å². The molecule has 92 valence electrons. The van der Waals surface area contributed by atoms with Crippen molar-refractivity contribution >= 4 is 11.6 Å². The number of primary amides is 1. The Morgan fingerprint density at radius 3 is 3.11 bits per heavy atom. The zero-order valence-electron chi connectivity index (χ0n) is 9.46. The summed E-state index contributed by atoms with van der Waals surface area (Å²) in [6.07, 6.45) is 3.25. The standard InChI is InChI=1S/C11H11N5O2/c12-3-9-1-2-10(18-9)5-14-8-4-15-16(6-8)7-11(13)17/h1-2,4,6,14H,5,7H2,(H2,13,17). The Kier molecular flexibility index (Phi) is 3.29. The van der Waals surface area contributed by atoms with Crippen LogP contribution in [0, 0.1) is 11.3 Å². The summed E-state index contributed by atoms with van der Waals surface area (Å²) < 4.78 is 6.64. The number of nitrogens with two attached hydrogens (primary N) is 1. The molecule has 0 unspecified atom stereocenters. The van der Waals surface area contributed by atoms with Crippen molar-refractivity contribution in [1.82, 2.24) is 9.78 Å². The van der Waals surface area contributed by atoms with E-state index in [1.165, 1.54) is 4.68 Å². The average Bonchev–Trinajstić information content (AvgIpc) is 2.94. The molecular weight excluding hydrogens is 234 g/mol. The third-order valence-electron chi connectivity index (χ3n) is 2.19. The fourth-order valence-corrected chi connectivity index (χ4v) is 1.42. The van der Waals surface area contributed by atoms with E-state index in [9.17, 15) is 4.79 Å². The van der Waals surface area contributed by atoms with E-state index < -0.39 is 5.91 Å². The average molecular weight is 245 g/mol. The fourth-order valence-electron chi connectivity index (χ4n) is 1.42. The van der Waals surface area contributed by atoms with Crippen LogP contribution < -0.4 is 11.1 Å². The Morgan fingerprint density at radius 2 is 2.44 bits per heavy atom. The highest BCUT2D eigenvalue weighted by Gasteiger charge is 2.03. The lowest BCUT2D eigenvalue weighted by Crippen LogP contribution is -2.18. The number of amides is 1. The van der Waals surface area contributed by atoms with Gasteiger partial charge in [-0.1, -0.05) is 0 Å². The predicted molar refractivity (Wildman–Crippen MR) is 62.2 cm³/mol. The lowest BCUT2D eigenvalue weighted by Gasteiger charge is -1.99. The van der Waals surface area contributed by atoms with Gasteiger partial charge in [0.05, 0.1) is 18.4 Å². The molecule has 0 aromatic carbocycles. The van der Waals surface area contributed by atoms with E-state index in [0.717, 1.165) is 5.69 Å². The molecule has 0 saturated heterocycles. The van der Waals surface area contributed by atoms with Crippen LogP contribution in [0.2, 0.25) is 0 Å². The molecule has 1 amide bonds. The van der Waals surface area contributed by atoms with Gasteiger partial charge in [-0.25, -0.2) is 0 Å². The summed E-state index contributed by atoms with van der Waals surface area (Å²) in [6.45, 7) is 0.477. The van der Waals surface area contributed by atoms with Gasteiger partial charge in [0.1, 0.15) is 18.4 Å². The van der Waals surface area contributed by atoms with Gasteiger partial charge in [0.25, 0.3) is 0 Å². The smallest absolute Gasteiger partial charge is 0.239 e. The Bertz CT molecular complexity index is 593. The van der Waals surface area contributed by atoms with Crippen LogP contribution in [-0.2, 0) is 17.9 Å². The predicted octanol–water partition coefficient (Wildman–Crippen LogP) is 0.445. The van der Waals surface area contributed by atoms with Crippen molar-refractivity contribution in [2.75, 3.05) is 5.32 Å². The number of rotatable bonds is 5. The summed E-state index contributed by atoms with van der Waals surface area (Å²) >= 11 is 0. The highest BCUT2D eigenvalue weighted by Crippen LogP contribution is 2.10. The molecule has 0 aliphatic rings. The number of furan rings is 1. The molecule has 2 aromatic rings. The highest BCUT2D eigenvalue weighted by atomic mass is 16.3. The quantitative estimate of drug-likeness (QED) is 0.794. The first-order valence-corrected chi connectivity index (χ1v) is 5.21. The second kappa shape index (κ2) is 5.05. The number of aromatic nitrogens is 2. The van der Waals surface area contributed by atoms with Gasteiger partial charge in [-0.05, 0) is 12.1 Å². The van der Waals surface area contributed by atoms with Gasteiger partial charge >= 0.3 is 0 Å². The molecular formula is C11H11N5O2. The van der Waals surface area contributed by atoms with E-state index in [2.05, 4.69) is 10.4 Å². The summed E-state index contributed by atoms with van der Waals surface area (Å²) in [4.78, 5) is 10.7. The molecule has 0 saturated carbocycles. The first-order valence-electron chi connectivity index (χ1n) is 5.21. The normalized spacial score (nSPS) is 9.94. The third-order valence-corrected chi connectivity index (χ3v) is 2.19. The van der Waals surface area contributed by atoms with Crippen molar-refractivity contribution in [3.05, 3.63) is 36.0 Å². The minimum Gasteiger partial charge on any atom is -0.449 e. The van der Waals surface area contributed by atoms with Gasteiger partial charge in [0.15, 0.2) is 0 Å². The number of hydrogen-bond acceptors (Lipinski definition) is 5. The number of anilines is 1. The largest absolute Gasteiger partial charge is 0.449 e. The van der Waals surface area contributed by atoms with Gasteiger partial charge in [-0.2, -0.15) is 10.4 Å². The highest BCUT2D eigenvalue weighted by molar-refractivity contribution is 5.73. The molecule has 0 aliphatic carbocycles. The minimum atomic E-state index is -0.450. The molecule has 0 spiro atoms. The zero-order chi connectivity index (χ0) is 13.0. The third kappa shape index (κ3) is 2.89. The number of carbonyl (C=O) groups is 1.